The third-order valence-electron chi connectivity index (χ3n) is 3.72. The largest absolute Gasteiger partial charge is 0.338 e. The van der Waals surface area contributed by atoms with E-state index in [1.54, 1.807) is 23.1 Å². The summed E-state index contributed by atoms with van der Waals surface area (Å²) in [6, 6.07) is 7.12. The molecular formula is C15H17N3O3S. The van der Waals surface area contributed by atoms with Crippen LogP contribution in [0, 0.1) is 11.3 Å². The zero-order chi connectivity index (χ0) is 16.3. The van der Waals surface area contributed by atoms with Crippen LogP contribution in [0.4, 0.5) is 0 Å². The minimum atomic E-state index is -3.90. The van der Waals surface area contributed by atoms with E-state index in [0.29, 0.717) is 19.5 Å². The summed E-state index contributed by atoms with van der Waals surface area (Å²) in [6.45, 7) is 4.48. The highest BCUT2D eigenvalue weighted by Crippen LogP contribution is 2.25. The molecule has 1 fully saturated rings. The monoisotopic (exact) mass is 319 g/mol. The molecule has 7 heteroatoms. The molecule has 22 heavy (non-hydrogen) atoms. The summed E-state index contributed by atoms with van der Waals surface area (Å²) in [5.74, 6) is -0.236. The van der Waals surface area contributed by atoms with E-state index in [9.17, 15) is 13.2 Å². The van der Waals surface area contributed by atoms with E-state index < -0.39 is 16.1 Å². The SMILES string of the molecule is C=CCN1CC[C@@H](N(C)S(=O)(=O)c2ccccc2C#N)C1=O. The van der Waals surface area contributed by atoms with Crippen molar-refractivity contribution in [3.8, 4) is 6.07 Å². The smallest absolute Gasteiger partial charge is 0.244 e. The number of likely N-dealkylation sites (N-methyl/N-ethyl adjacent to an activating group) is 1. The van der Waals surface area contributed by atoms with Gasteiger partial charge in [-0.25, -0.2) is 8.42 Å². The van der Waals surface area contributed by atoms with Crippen LogP contribution < -0.4 is 0 Å². The Bertz CT molecular complexity index is 737. The minimum absolute atomic E-state index is 0.0720. The van der Waals surface area contributed by atoms with Crippen molar-refractivity contribution in [1.82, 2.24) is 9.21 Å². The summed E-state index contributed by atoms with van der Waals surface area (Å²) in [4.78, 5) is 13.8. The first-order chi connectivity index (χ1) is 10.4. The van der Waals surface area contributed by atoms with Crippen LogP contribution in [0.2, 0.25) is 0 Å². The van der Waals surface area contributed by atoms with Crippen molar-refractivity contribution < 1.29 is 13.2 Å². The zero-order valence-corrected chi connectivity index (χ0v) is 13.1. The van der Waals surface area contributed by atoms with Gasteiger partial charge in [-0.2, -0.15) is 9.57 Å². The van der Waals surface area contributed by atoms with Crippen LogP contribution in [0.1, 0.15) is 12.0 Å². The van der Waals surface area contributed by atoms with Gasteiger partial charge in [-0.15, -0.1) is 6.58 Å². The first kappa shape index (κ1) is 16.2. The van der Waals surface area contributed by atoms with Crippen LogP contribution >= 0.6 is 0 Å². The van der Waals surface area contributed by atoms with Crippen LogP contribution in [0.15, 0.2) is 41.8 Å². The molecule has 0 saturated carbocycles. The Morgan fingerprint density at radius 2 is 2.18 bits per heavy atom. The van der Waals surface area contributed by atoms with E-state index in [1.165, 1.54) is 19.2 Å². The van der Waals surface area contributed by atoms with Gasteiger partial charge in [-0.1, -0.05) is 18.2 Å². The van der Waals surface area contributed by atoms with Gasteiger partial charge in [0.2, 0.25) is 15.9 Å². The lowest BCUT2D eigenvalue weighted by molar-refractivity contribution is -0.130. The number of likely N-dealkylation sites (tertiary alicyclic amines) is 1. The number of nitriles is 1. The lowest BCUT2D eigenvalue weighted by Crippen LogP contribution is -2.43. The second kappa shape index (κ2) is 6.30. The van der Waals surface area contributed by atoms with E-state index in [1.807, 2.05) is 6.07 Å². The maximum atomic E-state index is 12.7. The Hall–Kier alpha value is -2.17. The highest BCUT2D eigenvalue weighted by atomic mass is 32.2. The summed E-state index contributed by atoms with van der Waals surface area (Å²) in [7, 11) is -2.52. The van der Waals surface area contributed by atoms with Gasteiger partial charge in [0.1, 0.15) is 12.1 Å². The molecule has 1 aromatic carbocycles. The number of nitrogens with zero attached hydrogens (tertiary/aromatic N) is 3. The lowest BCUT2D eigenvalue weighted by atomic mass is 10.2. The van der Waals surface area contributed by atoms with Crippen molar-refractivity contribution in [3.05, 3.63) is 42.5 Å². The fourth-order valence-corrected chi connectivity index (χ4v) is 3.99. The van der Waals surface area contributed by atoms with Gasteiger partial charge in [0.15, 0.2) is 0 Å². The Balaban J connectivity index is 2.33. The van der Waals surface area contributed by atoms with Crippen molar-refractivity contribution in [1.29, 1.82) is 5.26 Å². The van der Waals surface area contributed by atoms with E-state index in [4.69, 9.17) is 5.26 Å². The van der Waals surface area contributed by atoms with Gasteiger partial charge in [0.25, 0.3) is 0 Å². The summed E-state index contributed by atoms with van der Waals surface area (Å²) >= 11 is 0. The van der Waals surface area contributed by atoms with Crippen LogP contribution in [-0.4, -0.2) is 49.7 Å². The van der Waals surface area contributed by atoms with Crippen molar-refractivity contribution in [2.75, 3.05) is 20.1 Å². The van der Waals surface area contributed by atoms with Gasteiger partial charge < -0.3 is 4.90 Å². The van der Waals surface area contributed by atoms with Crippen LogP contribution in [-0.2, 0) is 14.8 Å². The molecule has 0 bridgehead atoms. The van der Waals surface area contributed by atoms with Crippen LogP contribution in [0.25, 0.3) is 0 Å². The molecular weight excluding hydrogens is 302 g/mol. The quantitative estimate of drug-likeness (QED) is 0.757. The van der Waals surface area contributed by atoms with Crippen molar-refractivity contribution in [2.24, 2.45) is 0 Å². The molecule has 1 amide bonds. The standard InChI is InChI=1S/C15H17N3O3S/c1-3-9-18-10-8-13(15(18)19)17(2)22(20,21)14-7-5-4-6-12(14)11-16/h3-7,13H,1,8-10H2,2H3/t13-/m1/s1. The Kier molecular flexibility index (Phi) is 4.64. The van der Waals surface area contributed by atoms with E-state index >= 15 is 0 Å². The Morgan fingerprint density at radius 1 is 1.50 bits per heavy atom. The molecule has 116 valence electrons. The average molecular weight is 319 g/mol. The average Bonchev–Trinajstić information content (AvgIpc) is 2.88. The van der Waals surface area contributed by atoms with Gasteiger partial charge >= 0.3 is 0 Å². The maximum absolute atomic E-state index is 12.7. The van der Waals surface area contributed by atoms with Crippen molar-refractivity contribution in [3.63, 3.8) is 0 Å². The third-order valence-corrected chi connectivity index (χ3v) is 5.65. The maximum Gasteiger partial charge on any atom is 0.244 e. The number of carbonyl (C=O) groups excluding carboxylic acids is 1. The third kappa shape index (κ3) is 2.75. The molecule has 1 aliphatic rings. The minimum Gasteiger partial charge on any atom is -0.338 e. The highest BCUT2D eigenvalue weighted by Gasteiger charge is 2.39. The molecule has 1 saturated heterocycles. The van der Waals surface area contributed by atoms with Gasteiger partial charge in [-0.3, -0.25) is 4.79 Å². The molecule has 0 N–H and O–H groups in total. The van der Waals surface area contributed by atoms with Crippen LogP contribution in [0.5, 0.6) is 0 Å². The van der Waals surface area contributed by atoms with E-state index in [2.05, 4.69) is 6.58 Å². The number of sulfonamides is 1. The predicted octanol–water partition coefficient (Wildman–Crippen LogP) is 0.966. The molecule has 0 aliphatic carbocycles. The molecule has 6 nitrogen and oxygen atoms in total. The topological polar surface area (TPSA) is 81.5 Å². The molecule has 1 atom stereocenters. The van der Waals surface area contributed by atoms with Crippen LogP contribution in [0.3, 0.4) is 0 Å². The first-order valence-corrected chi connectivity index (χ1v) is 8.24. The number of carbonyl (C=O) groups is 1. The molecule has 1 aliphatic heterocycles. The molecule has 2 rings (SSSR count). The summed E-state index contributed by atoms with van der Waals surface area (Å²) in [6.07, 6.45) is 2.04. The molecule has 0 spiro atoms. The lowest BCUT2D eigenvalue weighted by Gasteiger charge is -2.23. The van der Waals surface area contributed by atoms with Crippen molar-refractivity contribution in [2.45, 2.75) is 17.4 Å². The van der Waals surface area contributed by atoms with Crippen molar-refractivity contribution >= 4 is 15.9 Å². The number of benzene rings is 1. The van der Waals surface area contributed by atoms with E-state index in [0.717, 1.165) is 4.31 Å². The second-order valence-corrected chi connectivity index (χ2v) is 6.97. The first-order valence-electron chi connectivity index (χ1n) is 6.80. The fourth-order valence-electron chi connectivity index (χ4n) is 2.50. The predicted molar refractivity (Wildman–Crippen MR) is 81.3 cm³/mol. The summed E-state index contributed by atoms with van der Waals surface area (Å²) in [5.41, 5.74) is 0.0720. The molecule has 0 radical (unpaired) electrons. The van der Waals surface area contributed by atoms with E-state index in [-0.39, 0.29) is 16.4 Å². The summed E-state index contributed by atoms with van der Waals surface area (Å²) in [5, 5.41) is 9.07. The Labute approximate surface area is 130 Å². The number of rotatable bonds is 5. The molecule has 1 heterocycles. The fraction of sp³-hybridized carbons (Fsp3) is 0.333. The number of hydrogen-bond acceptors (Lipinski definition) is 4. The van der Waals surface area contributed by atoms with Gasteiger partial charge in [-0.05, 0) is 18.6 Å². The molecule has 1 aromatic rings. The zero-order valence-electron chi connectivity index (χ0n) is 12.3. The highest BCUT2D eigenvalue weighted by molar-refractivity contribution is 7.89. The molecule has 0 unspecified atom stereocenters. The van der Waals surface area contributed by atoms with Gasteiger partial charge in [0.05, 0.1) is 10.5 Å². The Morgan fingerprint density at radius 3 is 2.82 bits per heavy atom. The van der Waals surface area contributed by atoms with Gasteiger partial charge in [0, 0.05) is 20.1 Å². The molecule has 0 aromatic heterocycles. The second-order valence-electron chi connectivity index (χ2n) is 5.01. The normalized spacial score (nSPS) is 18.5. The summed E-state index contributed by atoms with van der Waals surface area (Å²) < 4.78 is 26.4. The number of amides is 1. The number of hydrogen-bond donors (Lipinski definition) is 0.